The summed E-state index contributed by atoms with van der Waals surface area (Å²) in [6.07, 6.45) is 4.72. The minimum Gasteiger partial charge on any atom is -0.477 e. The van der Waals surface area contributed by atoms with Crippen LogP contribution < -0.4 is 10.1 Å². The Kier molecular flexibility index (Phi) is 7.47. The fourth-order valence-corrected chi connectivity index (χ4v) is 5.37. The molecular formula is C22H27N3O6S. The summed E-state index contributed by atoms with van der Waals surface area (Å²) in [4.78, 5) is 23.1. The normalized spacial score (nSPS) is 14.8. The monoisotopic (exact) mass is 461 g/mol. The van der Waals surface area contributed by atoms with Gasteiger partial charge >= 0.3 is 5.69 Å². The number of nitrogens with zero attached hydrogens (tertiary/aromatic N) is 2. The van der Waals surface area contributed by atoms with Gasteiger partial charge in [0.15, 0.2) is 12.4 Å². The maximum absolute atomic E-state index is 13.2. The number of sulfonamides is 1. The highest BCUT2D eigenvalue weighted by Crippen LogP contribution is 2.30. The molecule has 32 heavy (non-hydrogen) atoms. The van der Waals surface area contributed by atoms with Crippen molar-refractivity contribution >= 4 is 27.3 Å². The molecule has 0 unspecified atom stereocenters. The summed E-state index contributed by atoms with van der Waals surface area (Å²) < 4.78 is 33.2. The van der Waals surface area contributed by atoms with Crippen LogP contribution in [0.3, 0.4) is 0 Å². The van der Waals surface area contributed by atoms with Crippen LogP contribution in [0.4, 0.5) is 11.4 Å². The van der Waals surface area contributed by atoms with E-state index in [1.165, 1.54) is 28.6 Å². The molecule has 0 atom stereocenters. The highest BCUT2D eigenvalue weighted by Gasteiger charge is 2.31. The van der Waals surface area contributed by atoms with Crippen LogP contribution >= 0.6 is 0 Å². The van der Waals surface area contributed by atoms with Crippen molar-refractivity contribution in [3.63, 3.8) is 0 Å². The third kappa shape index (κ3) is 5.43. The van der Waals surface area contributed by atoms with Crippen LogP contribution in [0.25, 0.3) is 0 Å². The number of nitro groups is 1. The van der Waals surface area contributed by atoms with E-state index in [1.54, 1.807) is 32.2 Å². The van der Waals surface area contributed by atoms with Crippen molar-refractivity contribution < 1.29 is 22.9 Å². The van der Waals surface area contributed by atoms with E-state index >= 15 is 0 Å². The second-order valence-electron chi connectivity index (χ2n) is 7.87. The summed E-state index contributed by atoms with van der Waals surface area (Å²) in [6.45, 7) is 1.25. The first-order valence-electron chi connectivity index (χ1n) is 10.4. The number of amides is 1. The van der Waals surface area contributed by atoms with Crippen LogP contribution in [0.15, 0.2) is 47.4 Å². The van der Waals surface area contributed by atoms with E-state index < -0.39 is 27.5 Å². The lowest BCUT2D eigenvalue weighted by Gasteiger charge is -2.30. The lowest BCUT2D eigenvalue weighted by Crippen LogP contribution is -2.38. The van der Waals surface area contributed by atoms with Gasteiger partial charge in [-0.25, -0.2) is 8.42 Å². The molecule has 1 aliphatic carbocycles. The molecule has 1 aliphatic rings. The number of carbonyl (C=O) groups excluding carboxylic acids is 1. The van der Waals surface area contributed by atoms with Crippen LogP contribution in [-0.4, -0.2) is 43.2 Å². The molecule has 1 saturated carbocycles. The van der Waals surface area contributed by atoms with Gasteiger partial charge in [-0.2, -0.15) is 4.31 Å². The number of rotatable bonds is 8. The molecule has 0 aliphatic heterocycles. The Morgan fingerprint density at radius 3 is 2.56 bits per heavy atom. The molecular weight excluding hydrogens is 434 g/mol. The largest absolute Gasteiger partial charge is 0.477 e. The highest BCUT2D eigenvalue weighted by atomic mass is 32.2. The summed E-state index contributed by atoms with van der Waals surface area (Å²) in [5, 5.41) is 13.7. The summed E-state index contributed by atoms with van der Waals surface area (Å²) >= 11 is 0. The predicted molar refractivity (Wildman–Crippen MR) is 120 cm³/mol. The molecule has 0 aromatic heterocycles. The third-order valence-electron chi connectivity index (χ3n) is 5.58. The van der Waals surface area contributed by atoms with Crippen LogP contribution in [-0.2, 0) is 14.8 Å². The van der Waals surface area contributed by atoms with Gasteiger partial charge < -0.3 is 10.1 Å². The van der Waals surface area contributed by atoms with E-state index in [4.69, 9.17) is 4.74 Å². The molecule has 2 aromatic carbocycles. The molecule has 3 rings (SSSR count). The average molecular weight is 462 g/mol. The molecule has 0 saturated heterocycles. The van der Waals surface area contributed by atoms with Gasteiger partial charge in [0.25, 0.3) is 5.91 Å². The van der Waals surface area contributed by atoms with Gasteiger partial charge in [0.1, 0.15) is 4.90 Å². The molecule has 9 nitrogen and oxygen atoms in total. The Morgan fingerprint density at radius 1 is 1.19 bits per heavy atom. The van der Waals surface area contributed by atoms with Gasteiger partial charge in [-0.05, 0) is 43.5 Å². The topological polar surface area (TPSA) is 119 Å². The van der Waals surface area contributed by atoms with Crippen LogP contribution in [0, 0.1) is 17.0 Å². The third-order valence-corrected chi connectivity index (χ3v) is 7.55. The second-order valence-corrected chi connectivity index (χ2v) is 9.84. The van der Waals surface area contributed by atoms with Crippen molar-refractivity contribution in [1.29, 1.82) is 0 Å². The molecule has 1 amide bonds. The van der Waals surface area contributed by atoms with E-state index in [0.29, 0.717) is 0 Å². The van der Waals surface area contributed by atoms with Crippen LogP contribution in [0.2, 0.25) is 0 Å². The first kappa shape index (κ1) is 23.7. The predicted octanol–water partition coefficient (Wildman–Crippen LogP) is 3.87. The Labute approximate surface area is 187 Å². The van der Waals surface area contributed by atoms with Crippen molar-refractivity contribution in [2.24, 2.45) is 0 Å². The smallest absolute Gasteiger partial charge is 0.310 e. The van der Waals surface area contributed by atoms with Crippen molar-refractivity contribution in [2.45, 2.75) is 50.0 Å². The molecule has 1 N–H and O–H groups in total. The molecule has 2 aromatic rings. The van der Waals surface area contributed by atoms with E-state index in [-0.39, 0.29) is 28.1 Å². The quantitative estimate of drug-likeness (QED) is 0.471. The van der Waals surface area contributed by atoms with E-state index in [1.807, 2.05) is 0 Å². The molecule has 0 spiro atoms. The van der Waals surface area contributed by atoms with E-state index in [0.717, 1.165) is 37.7 Å². The van der Waals surface area contributed by atoms with E-state index in [9.17, 15) is 23.3 Å². The number of anilines is 1. The second kappa shape index (κ2) is 10.1. The van der Waals surface area contributed by atoms with Gasteiger partial charge in [-0.3, -0.25) is 14.9 Å². The number of nitrogens with one attached hydrogen (secondary N) is 1. The first-order chi connectivity index (χ1) is 15.2. The van der Waals surface area contributed by atoms with Gasteiger partial charge in [0.2, 0.25) is 10.0 Å². The molecule has 10 heteroatoms. The summed E-state index contributed by atoms with van der Waals surface area (Å²) in [6, 6.07) is 10.5. The number of para-hydroxylation sites is 1. The number of nitro benzene ring substituents is 1. The standard InChI is InChI=1S/C22H27N3O6S/c1-16-12-13-19(25(27)28)20(14-16)31-15-22(26)23-18-10-6-7-11-21(18)32(29,30)24(2)17-8-4-3-5-9-17/h6-7,10-14,17H,3-5,8-9,15H2,1-2H3,(H,23,26). The maximum Gasteiger partial charge on any atom is 0.310 e. The van der Waals surface area contributed by atoms with Crippen LogP contribution in [0.1, 0.15) is 37.7 Å². The zero-order valence-corrected chi connectivity index (χ0v) is 18.9. The number of ether oxygens (including phenoxy) is 1. The van der Waals surface area contributed by atoms with Gasteiger partial charge in [-0.1, -0.05) is 37.5 Å². The Bertz CT molecular complexity index is 1100. The summed E-state index contributed by atoms with van der Waals surface area (Å²) in [5.41, 5.74) is 0.635. The maximum atomic E-state index is 13.2. The summed E-state index contributed by atoms with van der Waals surface area (Å²) in [7, 11) is -2.24. The SMILES string of the molecule is Cc1ccc([N+](=O)[O-])c(OCC(=O)Nc2ccccc2S(=O)(=O)N(C)C2CCCCC2)c1. The molecule has 0 heterocycles. The Balaban J connectivity index is 1.74. The van der Waals surface area contributed by atoms with Crippen molar-refractivity contribution in [3.05, 3.63) is 58.1 Å². The van der Waals surface area contributed by atoms with Crippen molar-refractivity contribution in [3.8, 4) is 5.75 Å². The number of hydrogen-bond donors (Lipinski definition) is 1. The van der Waals surface area contributed by atoms with Gasteiger partial charge in [0.05, 0.1) is 10.6 Å². The zero-order chi connectivity index (χ0) is 23.3. The van der Waals surface area contributed by atoms with Gasteiger partial charge in [-0.15, -0.1) is 0 Å². The van der Waals surface area contributed by atoms with Crippen LogP contribution in [0.5, 0.6) is 5.75 Å². The number of carbonyl (C=O) groups is 1. The molecule has 0 bridgehead atoms. The zero-order valence-electron chi connectivity index (χ0n) is 18.1. The van der Waals surface area contributed by atoms with E-state index in [2.05, 4.69) is 5.32 Å². The molecule has 1 fully saturated rings. The Morgan fingerprint density at radius 2 is 1.88 bits per heavy atom. The minimum absolute atomic E-state index is 0.00274. The lowest BCUT2D eigenvalue weighted by atomic mass is 9.96. The van der Waals surface area contributed by atoms with Gasteiger partial charge in [0, 0.05) is 19.2 Å². The summed E-state index contributed by atoms with van der Waals surface area (Å²) in [5.74, 6) is -0.646. The Hall–Kier alpha value is -2.98. The number of hydrogen-bond acceptors (Lipinski definition) is 6. The average Bonchev–Trinajstić information content (AvgIpc) is 2.78. The first-order valence-corrected chi connectivity index (χ1v) is 11.9. The molecule has 0 radical (unpaired) electrons. The lowest BCUT2D eigenvalue weighted by molar-refractivity contribution is -0.385. The van der Waals surface area contributed by atoms with Crippen molar-refractivity contribution in [2.75, 3.05) is 19.0 Å². The minimum atomic E-state index is -3.82. The fraction of sp³-hybridized carbons (Fsp3) is 0.409. The molecule has 172 valence electrons. The van der Waals surface area contributed by atoms with Crippen molar-refractivity contribution in [1.82, 2.24) is 4.31 Å². The number of aryl methyl sites for hydroxylation is 1. The highest BCUT2D eigenvalue weighted by molar-refractivity contribution is 7.89. The number of benzene rings is 2. The fourth-order valence-electron chi connectivity index (χ4n) is 3.81.